The van der Waals surface area contributed by atoms with E-state index in [4.69, 9.17) is 4.42 Å². The monoisotopic (exact) mass is 429 g/mol. The highest BCUT2D eigenvalue weighted by atomic mass is 19.2. The van der Waals surface area contributed by atoms with Gasteiger partial charge < -0.3 is 19.6 Å². The highest BCUT2D eigenvalue weighted by Crippen LogP contribution is 2.31. The number of hydrogen-bond acceptors (Lipinski definition) is 2. The van der Waals surface area contributed by atoms with E-state index in [0.717, 1.165) is 45.4 Å². The number of urea groups is 1. The van der Waals surface area contributed by atoms with E-state index < -0.39 is 11.6 Å². The Bertz CT molecular complexity index is 1520. The van der Waals surface area contributed by atoms with Crippen LogP contribution in [0.1, 0.15) is 11.1 Å². The summed E-state index contributed by atoms with van der Waals surface area (Å²) < 4.78 is 32.5. The van der Waals surface area contributed by atoms with E-state index in [-0.39, 0.29) is 6.03 Å². The molecule has 1 aliphatic heterocycles. The molecule has 3 heterocycles. The maximum absolute atomic E-state index is 13.7. The van der Waals surface area contributed by atoms with Crippen molar-refractivity contribution < 1.29 is 18.0 Å². The van der Waals surface area contributed by atoms with Gasteiger partial charge in [-0.25, -0.2) is 13.6 Å². The van der Waals surface area contributed by atoms with Gasteiger partial charge in [-0.1, -0.05) is 18.2 Å². The zero-order chi connectivity index (χ0) is 21.8. The lowest BCUT2D eigenvalue weighted by molar-refractivity contribution is 0.212. The summed E-state index contributed by atoms with van der Waals surface area (Å²) in [5.41, 5.74) is 5.99. The highest BCUT2D eigenvalue weighted by Gasteiger charge is 2.24. The minimum absolute atomic E-state index is 0.298. The van der Waals surface area contributed by atoms with Crippen LogP contribution in [-0.4, -0.2) is 15.9 Å². The molecule has 0 aliphatic carbocycles. The second-order valence-electron chi connectivity index (χ2n) is 7.96. The van der Waals surface area contributed by atoms with Gasteiger partial charge in [-0.15, -0.1) is 0 Å². The molecule has 0 spiro atoms. The number of nitrogens with zero attached hydrogens (tertiary/aromatic N) is 1. The molecular weight excluding hydrogens is 412 g/mol. The molecule has 6 rings (SSSR count). The van der Waals surface area contributed by atoms with Crippen LogP contribution in [0.3, 0.4) is 0 Å². The third kappa shape index (κ3) is 3.01. The molecule has 32 heavy (non-hydrogen) atoms. The number of amides is 2. The lowest BCUT2D eigenvalue weighted by Gasteiger charge is -2.16. The van der Waals surface area contributed by atoms with Crippen molar-refractivity contribution >= 4 is 33.6 Å². The molecule has 0 bridgehead atoms. The number of rotatable bonds is 2. The molecular formula is C25H17F2N3O2. The van der Waals surface area contributed by atoms with Gasteiger partial charge in [0.05, 0.1) is 17.5 Å². The van der Waals surface area contributed by atoms with Crippen LogP contribution in [0.25, 0.3) is 33.0 Å². The largest absolute Gasteiger partial charge is 0.464 e. The topological polar surface area (TPSA) is 61.3 Å². The summed E-state index contributed by atoms with van der Waals surface area (Å²) in [7, 11) is 0. The number of anilines is 1. The molecule has 0 saturated carbocycles. The fourth-order valence-corrected chi connectivity index (χ4v) is 4.28. The fourth-order valence-electron chi connectivity index (χ4n) is 4.28. The maximum atomic E-state index is 13.7. The van der Waals surface area contributed by atoms with Gasteiger partial charge in [0.1, 0.15) is 5.58 Å². The lowest BCUT2D eigenvalue weighted by Crippen LogP contribution is -2.30. The Hall–Kier alpha value is -4.13. The average molecular weight is 429 g/mol. The highest BCUT2D eigenvalue weighted by molar-refractivity contribution is 6.01. The number of aromatic amines is 1. The SMILES string of the molecule is O=C(Nc1c[nH]c2cc(F)c(F)cc12)N1Cc2ccc(-c3ccc4occc4c3)cc2C1. The van der Waals surface area contributed by atoms with Crippen molar-refractivity contribution in [2.45, 2.75) is 13.1 Å². The van der Waals surface area contributed by atoms with E-state index in [9.17, 15) is 13.6 Å². The van der Waals surface area contributed by atoms with Crippen LogP contribution in [-0.2, 0) is 13.1 Å². The minimum atomic E-state index is -0.956. The van der Waals surface area contributed by atoms with Crippen LogP contribution in [0.5, 0.6) is 0 Å². The quantitative estimate of drug-likeness (QED) is 0.341. The zero-order valence-electron chi connectivity index (χ0n) is 16.8. The molecule has 0 fully saturated rings. The maximum Gasteiger partial charge on any atom is 0.322 e. The van der Waals surface area contributed by atoms with Gasteiger partial charge >= 0.3 is 6.03 Å². The van der Waals surface area contributed by atoms with Gasteiger partial charge in [0.15, 0.2) is 11.6 Å². The molecule has 3 aromatic carbocycles. The van der Waals surface area contributed by atoms with Gasteiger partial charge in [0.2, 0.25) is 0 Å². The Morgan fingerprint density at radius 1 is 0.938 bits per heavy atom. The van der Waals surface area contributed by atoms with Gasteiger partial charge in [-0.2, -0.15) is 0 Å². The molecule has 0 unspecified atom stereocenters. The first-order chi connectivity index (χ1) is 15.5. The number of halogens is 2. The first kappa shape index (κ1) is 18.6. The fraction of sp³-hybridized carbons (Fsp3) is 0.0800. The molecule has 2 N–H and O–H groups in total. The molecule has 7 heteroatoms. The van der Waals surface area contributed by atoms with Crippen LogP contribution in [0, 0.1) is 11.6 Å². The van der Waals surface area contributed by atoms with Crippen molar-refractivity contribution in [1.29, 1.82) is 0 Å². The summed E-state index contributed by atoms with van der Waals surface area (Å²) in [5, 5.41) is 4.27. The summed E-state index contributed by atoms with van der Waals surface area (Å²) in [6, 6.07) is 16.1. The third-order valence-electron chi connectivity index (χ3n) is 5.97. The number of carbonyl (C=O) groups excluding carboxylic acids is 1. The van der Waals surface area contributed by atoms with E-state index >= 15 is 0 Å². The number of aromatic nitrogens is 1. The van der Waals surface area contributed by atoms with Crippen molar-refractivity contribution in [3.05, 3.63) is 89.8 Å². The molecule has 5 aromatic rings. The van der Waals surface area contributed by atoms with Crippen molar-refractivity contribution in [3.63, 3.8) is 0 Å². The van der Waals surface area contributed by atoms with Crippen LogP contribution < -0.4 is 5.32 Å². The van der Waals surface area contributed by atoms with Crippen LogP contribution in [0.4, 0.5) is 19.3 Å². The van der Waals surface area contributed by atoms with E-state index in [1.807, 2.05) is 24.3 Å². The minimum Gasteiger partial charge on any atom is -0.464 e. The summed E-state index contributed by atoms with van der Waals surface area (Å²) in [5.74, 6) is -1.89. The Balaban J connectivity index is 1.23. The number of furan rings is 1. The normalized spacial score (nSPS) is 13.1. The number of fused-ring (bicyclic) bond motifs is 3. The second kappa shape index (κ2) is 6.95. The van der Waals surface area contributed by atoms with Gasteiger partial charge in [0, 0.05) is 36.1 Å². The first-order valence-corrected chi connectivity index (χ1v) is 10.2. The molecule has 0 saturated heterocycles. The molecule has 158 valence electrons. The van der Waals surface area contributed by atoms with E-state index in [1.165, 1.54) is 6.20 Å². The molecule has 2 aromatic heterocycles. The Morgan fingerprint density at radius 3 is 2.62 bits per heavy atom. The summed E-state index contributed by atoms with van der Waals surface area (Å²) in [6.45, 7) is 0.946. The third-order valence-corrected chi connectivity index (χ3v) is 5.97. The summed E-state index contributed by atoms with van der Waals surface area (Å²) >= 11 is 0. The molecule has 0 radical (unpaired) electrons. The molecule has 0 atom stereocenters. The Labute approximate surface area is 181 Å². The van der Waals surface area contributed by atoms with Crippen molar-refractivity contribution in [2.75, 3.05) is 5.32 Å². The number of benzene rings is 3. The molecule has 2 amide bonds. The number of nitrogens with one attached hydrogen (secondary N) is 2. The Morgan fingerprint density at radius 2 is 1.72 bits per heavy atom. The predicted molar refractivity (Wildman–Crippen MR) is 118 cm³/mol. The standard InChI is InChI=1S/C25H17F2N3O2/c26-20-9-19-22(10-21(20)27)28-11-23(19)29-25(31)30-12-17-2-1-14(8-18(17)13-30)15-3-4-24-16(7-15)5-6-32-24/h1-11,28H,12-13H2,(H,29,31). The van der Waals surface area contributed by atoms with Crippen LogP contribution >= 0.6 is 0 Å². The second-order valence-corrected chi connectivity index (χ2v) is 7.96. The smallest absolute Gasteiger partial charge is 0.322 e. The lowest BCUT2D eigenvalue weighted by atomic mass is 10.00. The van der Waals surface area contributed by atoms with E-state index in [0.29, 0.717) is 29.7 Å². The number of carbonyl (C=O) groups is 1. The Kier molecular flexibility index (Phi) is 4.04. The zero-order valence-corrected chi connectivity index (χ0v) is 16.8. The average Bonchev–Trinajstić information content (AvgIpc) is 3.52. The van der Waals surface area contributed by atoms with Crippen LogP contribution in [0.2, 0.25) is 0 Å². The van der Waals surface area contributed by atoms with Crippen molar-refractivity contribution in [3.8, 4) is 11.1 Å². The molecule has 1 aliphatic rings. The predicted octanol–water partition coefficient (Wildman–Crippen LogP) is 6.41. The van der Waals surface area contributed by atoms with Gasteiger partial charge in [-0.05, 0) is 52.6 Å². The van der Waals surface area contributed by atoms with E-state index in [1.54, 1.807) is 11.2 Å². The molecule has 5 nitrogen and oxygen atoms in total. The van der Waals surface area contributed by atoms with Crippen molar-refractivity contribution in [2.24, 2.45) is 0 Å². The first-order valence-electron chi connectivity index (χ1n) is 10.2. The number of H-pyrrole nitrogens is 1. The van der Waals surface area contributed by atoms with E-state index in [2.05, 4.69) is 28.5 Å². The summed E-state index contributed by atoms with van der Waals surface area (Å²) in [6.07, 6.45) is 3.21. The van der Waals surface area contributed by atoms with Crippen molar-refractivity contribution in [1.82, 2.24) is 9.88 Å². The number of hydrogen-bond donors (Lipinski definition) is 2. The van der Waals surface area contributed by atoms with Gasteiger partial charge in [0.25, 0.3) is 0 Å². The van der Waals surface area contributed by atoms with Crippen LogP contribution in [0.15, 0.2) is 71.5 Å². The van der Waals surface area contributed by atoms with Gasteiger partial charge in [-0.3, -0.25) is 0 Å². The summed E-state index contributed by atoms with van der Waals surface area (Å²) in [4.78, 5) is 17.4.